The molecule has 0 fully saturated rings. The number of amides is 2. The van der Waals surface area contributed by atoms with Crippen LogP contribution in [0.5, 0.6) is 5.75 Å². The number of benzene rings is 2. The number of hydrogen-bond donors (Lipinski definition) is 1. The van der Waals surface area contributed by atoms with Crippen LogP contribution in [0.25, 0.3) is 0 Å². The summed E-state index contributed by atoms with van der Waals surface area (Å²) in [6, 6.07) is 14.3. The first-order chi connectivity index (χ1) is 13.7. The van der Waals surface area contributed by atoms with Gasteiger partial charge >= 0.3 is 0 Å². The molecule has 0 spiro atoms. The molecular formula is C22H25N3O3. The number of nitrogens with zero attached hydrogens (tertiary/aromatic N) is 2. The molecular weight excluding hydrogens is 354 g/mol. The molecule has 28 heavy (non-hydrogen) atoms. The normalized spacial score (nSPS) is 14.3. The molecule has 6 heteroatoms. The average Bonchev–Trinajstić information content (AvgIpc) is 3.00. The first kappa shape index (κ1) is 19.6. The van der Waals surface area contributed by atoms with Crippen LogP contribution in [-0.2, 0) is 4.79 Å². The fourth-order valence-corrected chi connectivity index (χ4v) is 3.21. The number of carbonyl (C=O) groups is 2. The molecule has 0 atom stereocenters. The number of ether oxygens (including phenoxy) is 1. The van der Waals surface area contributed by atoms with Crippen LogP contribution < -0.4 is 15.1 Å². The minimum Gasteiger partial charge on any atom is -0.497 e. The average molecular weight is 379 g/mol. The van der Waals surface area contributed by atoms with Gasteiger partial charge in [0, 0.05) is 17.7 Å². The lowest BCUT2D eigenvalue weighted by Gasteiger charge is -2.16. The topological polar surface area (TPSA) is 71.0 Å². The molecule has 0 saturated carbocycles. The van der Waals surface area contributed by atoms with Crippen LogP contribution in [0.4, 0.5) is 5.69 Å². The lowest BCUT2D eigenvalue weighted by atomic mass is 10.1. The molecule has 2 amide bonds. The fraction of sp³-hybridized carbons (Fsp3) is 0.318. The molecule has 0 radical (unpaired) electrons. The van der Waals surface area contributed by atoms with Gasteiger partial charge in [0.1, 0.15) is 5.75 Å². The van der Waals surface area contributed by atoms with Gasteiger partial charge in [-0.3, -0.25) is 9.59 Å². The summed E-state index contributed by atoms with van der Waals surface area (Å²) < 4.78 is 5.29. The Hall–Kier alpha value is -3.15. The molecule has 0 saturated heterocycles. The van der Waals surface area contributed by atoms with Gasteiger partial charge in [0.2, 0.25) is 0 Å². The molecule has 1 aliphatic rings. The molecule has 6 nitrogen and oxygen atoms in total. The van der Waals surface area contributed by atoms with Gasteiger partial charge in [0.25, 0.3) is 11.8 Å². The molecule has 2 aromatic rings. The highest BCUT2D eigenvalue weighted by Gasteiger charge is 2.34. The lowest BCUT2D eigenvalue weighted by molar-refractivity contribution is -0.112. The highest BCUT2D eigenvalue weighted by molar-refractivity contribution is 6.54. The van der Waals surface area contributed by atoms with Crippen LogP contribution in [0.15, 0.2) is 53.6 Å². The molecule has 0 aromatic heterocycles. The maximum absolute atomic E-state index is 13.0. The van der Waals surface area contributed by atoms with E-state index in [1.165, 1.54) is 0 Å². The molecule has 146 valence electrons. The number of hydrogen-bond acceptors (Lipinski definition) is 4. The predicted octanol–water partition coefficient (Wildman–Crippen LogP) is 3.76. The molecule has 2 aromatic carbocycles. The maximum Gasteiger partial charge on any atom is 0.279 e. The van der Waals surface area contributed by atoms with Crippen molar-refractivity contribution in [1.82, 2.24) is 5.43 Å². The Bertz CT molecular complexity index is 878. The molecule has 0 unspecified atom stereocenters. The van der Waals surface area contributed by atoms with Crippen molar-refractivity contribution < 1.29 is 14.3 Å². The smallest absolute Gasteiger partial charge is 0.279 e. The van der Waals surface area contributed by atoms with Crippen molar-refractivity contribution >= 4 is 23.2 Å². The summed E-state index contributed by atoms with van der Waals surface area (Å²) in [5.74, 6) is 0.0846. The third-order valence-corrected chi connectivity index (χ3v) is 4.74. The van der Waals surface area contributed by atoms with Gasteiger partial charge in [0.05, 0.1) is 12.8 Å². The number of anilines is 1. The van der Waals surface area contributed by atoms with Crippen molar-refractivity contribution in [2.75, 3.05) is 18.6 Å². The third kappa shape index (κ3) is 4.22. The first-order valence-corrected chi connectivity index (χ1v) is 9.59. The van der Waals surface area contributed by atoms with Crippen LogP contribution in [0.2, 0.25) is 0 Å². The van der Waals surface area contributed by atoms with Gasteiger partial charge in [-0.05, 0) is 36.8 Å². The van der Waals surface area contributed by atoms with E-state index in [4.69, 9.17) is 4.74 Å². The standard InChI is InChI=1S/C22H25N3O3/c1-3-4-5-9-14-25-19-13-12-17(28-2)15-18(19)20(22(25)27)23-24-21(26)16-10-7-6-8-11-16/h6-8,10-13,15H,3-5,9,14H2,1-2H3,(H,24,26)/b23-20-. The van der Waals surface area contributed by atoms with E-state index in [1.807, 2.05) is 18.2 Å². The van der Waals surface area contributed by atoms with Gasteiger partial charge < -0.3 is 9.64 Å². The summed E-state index contributed by atoms with van der Waals surface area (Å²) in [4.78, 5) is 27.0. The summed E-state index contributed by atoms with van der Waals surface area (Å²) in [6.07, 6.45) is 4.28. The zero-order chi connectivity index (χ0) is 19.9. The Morgan fingerprint density at radius 3 is 2.61 bits per heavy atom. The van der Waals surface area contributed by atoms with Gasteiger partial charge in [-0.2, -0.15) is 5.10 Å². The van der Waals surface area contributed by atoms with Gasteiger partial charge in [0.15, 0.2) is 5.71 Å². The summed E-state index contributed by atoms with van der Waals surface area (Å²) in [5, 5.41) is 4.16. The second kappa shape index (κ2) is 9.17. The fourth-order valence-electron chi connectivity index (χ4n) is 3.21. The van der Waals surface area contributed by atoms with E-state index in [0.29, 0.717) is 23.4 Å². The third-order valence-electron chi connectivity index (χ3n) is 4.74. The van der Waals surface area contributed by atoms with E-state index in [1.54, 1.807) is 42.3 Å². The van der Waals surface area contributed by atoms with Crippen molar-refractivity contribution in [3.8, 4) is 5.75 Å². The first-order valence-electron chi connectivity index (χ1n) is 9.59. The second-order valence-corrected chi connectivity index (χ2v) is 6.67. The summed E-state index contributed by atoms with van der Waals surface area (Å²) in [5.41, 5.74) is 4.70. The van der Waals surface area contributed by atoms with Crippen LogP contribution >= 0.6 is 0 Å². The van der Waals surface area contributed by atoms with Crippen molar-refractivity contribution in [3.63, 3.8) is 0 Å². The lowest BCUT2D eigenvalue weighted by Crippen LogP contribution is -2.32. The van der Waals surface area contributed by atoms with E-state index in [2.05, 4.69) is 17.5 Å². The summed E-state index contributed by atoms with van der Waals surface area (Å²) >= 11 is 0. The summed E-state index contributed by atoms with van der Waals surface area (Å²) in [7, 11) is 1.58. The number of hydrazone groups is 1. The molecule has 1 N–H and O–H groups in total. The van der Waals surface area contributed by atoms with Crippen LogP contribution in [0, 0.1) is 0 Å². The van der Waals surface area contributed by atoms with E-state index in [0.717, 1.165) is 31.4 Å². The Morgan fingerprint density at radius 2 is 1.89 bits per heavy atom. The van der Waals surface area contributed by atoms with E-state index < -0.39 is 0 Å². The number of methoxy groups -OCH3 is 1. The van der Waals surface area contributed by atoms with E-state index in [9.17, 15) is 9.59 Å². The minimum atomic E-state index is -0.355. The highest BCUT2D eigenvalue weighted by Crippen LogP contribution is 2.32. The molecule has 0 aliphatic carbocycles. The second-order valence-electron chi connectivity index (χ2n) is 6.67. The van der Waals surface area contributed by atoms with Crippen molar-refractivity contribution in [1.29, 1.82) is 0 Å². The van der Waals surface area contributed by atoms with Gasteiger partial charge in [-0.15, -0.1) is 0 Å². The Morgan fingerprint density at radius 1 is 1.11 bits per heavy atom. The summed E-state index contributed by atoms with van der Waals surface area (Å²) in [6.45, 7) is 2.78. The zero-order valence-electron chi connectivity index (χ0n) is 16.3. The van der Waals surface area contributed by atoms with Crippen LogP contribution in [0.3, 0.4) is 0 Å². The predicted molar refractivity (Wildman–Crippen MR) is 110 cm³/mol. The molecule has 0 bridgehead atoms. The van der Waals surface area contributed by atoms with E-state index in [-0.39, 0.29) is 17.5 Å². The molecule has 1 heterocycles. The Balaban J connectivity index is 1.84. The number of fused-ring (bicyclic) bond motifs is 1. The van der Waals surface area contributed by atoms with Crippen LogP contribution in [0.1, 0.15) is 48.5 Å². The highest BCUT2D eigenvalue weighted by atomic mass is 16.5. The number of nitrogens with one attached hydrogen (secondary N) is 1. The quantitative estimate of drug-likeness (QED) is 0.561. The molecule has 1 aliphatic heterocycles. The van der Waals surface area contributed by atoms with Gasteiger partial charge in [-0.1, -0.05) is 44.4 Å². The molecule has 3 rings (SSSR count). The monoisotopic (exact) mass is 379 g/mol. The number of carbonyl (C=O) groups excluding carboxylic acids is 2. The zero-order valence-corrected chi connectivity index (χ0v) is 16.3. The van der Waals surface area contributed by atoms with Crippen molar-refractivity contribution in [2.45, 2.75) is 32.6 Å². The SMILES string of the molecule is CCCCCCN1C(=O)/C(=N\NC(=O)c2ccccc2)c2cc(OC)ccc21. The van der Waals surface area contributed by atoms with E-state index >= 15 is 0 Å². The Kier molecular flexibility index (Phi) is 6.42. The van der Waals surface area contributed by atoms with Crippen molar-refractivity contribution in [2.24, 2.45) is 5.10 Å². The Labute approximate surface area is 165 Å². The largest absolute Gasteiger partial charge is 0.497 e. The number of rotatable bonds is 8. The van der Waals surface area contributed by atoms with Crippen LogP contribution in [-0.4, -0.2) is 31.2 Å². The van der Waals surface area contributed by atoms with Crippen molar-refractivity contribution in [3.05, 3.63) is 59.7 Å². The maximum atomic E-state index is 13.0. The van der Waals surface area contributed by atoms with Gasteiger partial charge in [-0.25, -0.2) is 5.43 Å². The number of unbranched alkanes of at least 4 members (excludes halogenated alkanes) is 3. The minimum absolute atomic E-state index is 0.201.